The van der Waals surface area contributed by atoms with Crippen LogP contribution >= 0.6 is 0 Å². The Morgan fingerprint density at radius 3 is 0.933 bits per heavy atom. The lowest BCUT2D eigenvalue weighted by Crippen LogP contribution is -2.66. The molecular formula is C23H26F12O10. The predicted molar refractivity (Wildman–Crippen MR) is 118 cm³/mol. The van der Waals surface area contributed by atoms with Crippen molar-refractivity contribution in [2.45, 2.75) is 83.9 Å². The maximum atomic E-state index is 13.5. The highest BCUT2D eigenvalue weighted by molar-refractivity contribution is 5.86. The number of halogens is 12. The minimum atomic E-state index is -6.75. The Hall–Kier alpha value is -3.49. The zero-order valence-electron chi connectivity index (χ0n) is 23.9. The van der Waals surface area contributed by atoms with E-state index in [4.69, 9.17) is 4.74 Å². The summed E-state index contributed by atoms with van der Waals surface area (Å²) in [5.74, 6) is -12.6. The van der Waals surface area contributed by atoms with Gasteiger partial charge in [0, 0.05) is 13.8 Å². The predicted octanol–water partition coefficient (Wildman–Crippen LogP) is 4.91. The van der Waals surface area contributed by atoms with Crippen LogP contribution in [0.4, 0.5) is 52.7 Å². The molecule has 0 aromatic rings. The van der Waals surface area contributed by atoms with E-state index in [1.165, 1.54) is 20.8 Å². The molecule has 0 amide bonds. The molecule has 0 N–H and O–H groups in total. The monoisotopic (exact) mass is 690 g/mol. The molecule has 0 saturated heterocycles. The molecule has 10 nitrogen and oxygen atoms in total. The van der Waals surface area contributed by atoms with Gasteiger partial charge in [-0.05, 0) is 27.2 Å². The number of hydrogen-bond donors (Lipinski definition) is 0. The first-order valence-corrected chi connectivity index (χ1v) is 12.0. The Kier molecular flexibility index (Phi) is 12.4. The summed E-state index contributed by atoms with van der Waals surface area (Å²) in [6.45, 7) is -0.616. The van der Waals surface area contributed by atoms with Crippen LogP contribution in [0.25, 0.3) is 0 Å². The second kappa shape index (κ2) is 13.5. The molecule has 0 bridgehead atoms. The second-order valence-electron chi connectivity index (χ2n) is 10.3. The number of alkyl halides is 12. The van der Waals surface area contributed by atoms with Gasteiger partial charge in [-0.25, -0.2) is 9.59 Å². The van der Waals surface area contributed by atoms with Gasteiger partial charge < -0.3 is 23.7 Å². The fourth-order valence-electron chi connectivity index (χ4n) is 2.92. The number of rotatable bonds is 12. The first-order valence-electron chi connectivity index (χ1n) is 12.0. The van der Waals surface area contributed by atoms with Gasteiger partial charge in [-0.1, -0.05) is 6.92 Å². The summed E-state index contributed by atoms with van der Waals surface area (Å²) in [5, 5.41) is 0. The zero-order chi connectivity index (χ0) is 36.3. The van der Waals surface area contributed by atoms with Crippen molar-refractivity contribution in [1.82, 2.24) is 0 Å². The standard InChI is InChI=1S/C23H26F12O10/c1-7-16(4,5)13(38)41-8-17(6,9-42-14(39)18(20(24,25)26,21(27,28)29)44-11(2)36)10-43-15(40)19(22(30,31)32,23(33,34)35)45-12(3)37/h7-10H2,1-6H3. The average Bonchev–Trinajstić information content (AvgIpc) is 2.82. The van der Waals surface area contributed by atoms with Gasteiger partial charge in [0.2, 0.25) is 0 Å². The van der Waals surface area contributed by atoms with Crippen molar-refractivity contribution in [2.75, 3.05) is 19.8 Å². The minimum absolute atomic E-state index is 0.0245. The van der Waals surface area contributed by atoms with Crippen LogP contribution in [0, 0.1) is 10.8 Å². The molecule has 0 atom stereocenters. The largest absolute Gasteiger partial charge is 0.464 e. The van der Waals surface area contributed by atoms with Gasteiger partial charge >= 0.3 is 65.8 Å². The van der Waals surface area contributed by atoms with Crippen LogP contribution in [0.15, 0.2) is 0 Å². The van der Waals surface area contributed by atoms with Crippen LogP contribution in [0.1, 0.15) is 48.0 Å². The van der Waals surface area contributed by atoms with E-state index in [2.05, 4.69) is 18.9 Å². The number of carbonyl (C=O) groups is 5. The van der Waals surface area contributed by atoms with Gasteiger partial charge in [-0.3, -0.25) is 14.4 Å². The van der Waals surface area contributed by atoms with Crippen LogP contribution in [-0.2, 0) is 47.7 Å². The Labute approximate surface area is 245 Å². The summed E-state index contributed by atoms with van der Waals surface area (Å²) >= 11 is 0. The molecular weight excluding hydrogens is 664 g/mol. The van der Waals surface area contributed by atoms with E-state index < -0.39 is 96.4 Å². The third kappa shape index (κ3) is 9.04. The summed E-state index contributed by atoms with van der Waals surface area (Å²) < 4.78 is 182. The molecule has 262 valence electrons. The number of esters is 5. The third-order valence-corrected chi connectivity index (χ3v) is 5.86. The minimum Gasteiger partial charge on any atom is -0.464 e. The van der Waals surface area contributed by atoms with E-state index in [-0.39, 0.29) is 20.3 Å². The molecule has 0 saturated carbocycles. The summed E-state index contributed by atoms with van der Waals surface area (Å²) in [4.78, 5) is 59.1. The topological polar surface area (TPSA) is 132 Å². The first-order chi connectivity index (χ1) is 19.8. The van der Waals surface area contributed by atoms with E-state index in [0.717, 1.165) is 0 Å². The Balaban J connectivity index is 6.79. The molecule has 0 aliphatic heterocycles. The number of hydrogen-bond acceptors (Lipinski definition) is 10. The molecule has 0 heterocycles. The lowest BCUT2D eigenvalue weighted by Gasteiger charge is -2.37. The van der Waals surface area contributed by atoms with E-state index in [1.54, 1.807) is 0 Å². The van der Waals surface area contributed by atoms with Gasteiger partial charge in [0.05, 0.1) is 10.8 Å². The van der Waals surface area contributed by atoms with Gasteiger partial charge in [-0.15, -0.1) is 0 Å². The molecule has 0 spiro atoms. The average molecular weight is 690 g/mol. The Bertz CT molecular complexity index is 1020. The summed E-state index contributed by atoms with van der Waals surface area (Å²) in [6.07, 6.45) is -27.0. The van der Waals surface area contributed by atoms with Gasteiger partial charge in [-0.2, -0.15) is 52.7 Å². The fourth-order valence-corrected chi connectivity index (χ4v) is 2.92. The molecule has 0 aromatic heterocycles. The summed E-state index contributed by atoms with van der Waals surface area (Å²) in [5.41, 5.74) is -16.0. The summed E-state index contributed by atoms with van der Waals surface area (Å²) in [6, 6.07) is 0. The van der Waals surface area contributed by atoms with Crippen LogP contribution in [0.3, 0.4) is 0 Å². The fraction of sp³-hybridized carbons (Fsp3) is 0.783. The number of carbonyl (C=O) groups excluding carboxylic acids is 5. The molecule has 0 aliphatic carbocycles. The van der Waals surface area contributed by atoms with Crippen molar-refractivity contribution in [1.29, 1.82) is 0 Å². The maximum absolute atomic E-state index is 13.5. The Morgan fingerprint density at radius 1 is 0.489 bits per heavy atom. The molecule has 0 aliphatic rings. The van der Waals surface area contributed by atoms with E-state index in [1.807, 2.05) is 0 Å². The quantitative estimate of drug-likeness (QED) is 0.158. The molecule has 0 unspecified atom stereocenters. The Morgan fingerprint density at radius 2 is 0.733 bits per heavy atom. The van der Waals surface area contributed by atoms with Gasteiger partial charge in [0.15, 0.2) is 0 Å². The normalized spacial score (nSPS) is 13.9. The van der Waals surface area contributed by atoms with Crippen molar-refractivity contribution in [3.8, 4) is 0 Å². The molecule has 0 rings (SSSR count). The van der Waals surface area contributed by atoms with E-state index in [0.29, 0.717) is 6.92 Å². The zero-order valence-corrected chi connectivity index (χ0v) is 23.9. The van der Waals surface area contributed by atoms with Crippen LogP contribution in [-0.4, -0.2) is 85.6 Å². The molecule has 0 fully saturated rings. The maximum Gasteiger partial charge on any atom is 0.449 e. The van der Waals surface area contributed by atoms with Gasteiger partial charge in [0.1, 0.15) is 19.8 Å². The van der Waals surface area contributed by atoms with Crippen molar-refractivity contribution >= 4 is 29.8 Å². The first kappa shape index (κ1) is 41.5. The smallest absolute Gasteiger partial charge is 0.449 e. The van der Waals surface area contributed by atoms with Crippen LogP contribution in [0.5, 0.6) is 0 Å². The van der Waals surface area contributed by atoms with Crippen molar-refractivity contribution < 1.29 is 100 Å². The lowest BCUT2D eigenvalue weighted by atomic mass is 9.90. The van der Waals surface area contributed by atoms with Gasteiger partial charge in [0.25, 0.3) is 0 Å². The highest BCUT2D eigenvalue weighted by Gasteiger charge is 2.81. The van der Waals surface area contributed by atoms with E-state index in [9.17, 15) is 76.7 Å². The number of ether oxygens (including phenoxy) is 5. The SMILES string of the molecule is CCC(C)(C)C(=O)OCC(C)(COC(=O)C(OC(C)=O)(C(F)(F)F)C(F)(F)F)COC(=O)C(OC(C)=O)(C(F)(F)F)C(F)(F)F. The van der Waals surface area contributed by atoms with Crippen LogP contribution < -0.4 is 0 Å². The second-order valence-corrected chi connectivity index (χ2v) is 10.3. The molecule has 45 heavy (non-hydrogen) atoms. The highest BCUT2D eigenvalue weighted by Crippen LogP contribution is 2.48. The summed E-state index contributed by atoms with van der Waals surface area (Å²) in [7, 11) is 0. The van der Waals surface area contributed by atoms with E-state index >= 15 is 0 Å². The molecule has 22 heteroatoms. The molecule has 0 radical (unpaired) electrons. The highest BCUT2D eigenvalue weighted by atomic mass is 19.4. The van der Waals surface area contributed by atoms with Crippen molar-refractivity contribution in [3.63, 3.8) is 0 Å². The third-order valence-electron chi connectivity index (χ3n) is 5.86. The van der Waals surface area contributed by atoms with Crippen LogP contribution in [0.2, 0.25) is 0 Å². The van der Waals surface area contributed by atoms with Crippen molar-refractivity contribution in [3.05, 3.63) is 0 Å². The lowest BCUT2D eigenvalue weighted by molar-refractivity contribution is -0.359. The molecule has 0 aromatic carbocycles. The van der Waals surface area contributed by atoms with Crippen molar-refractivity contribution in [2.24, 2.45) is 10.8 Å².